The van der Waals surface area contributed by atoms with Crippen LogP contribution in [0, 0.1) is 5.92 Å². The van der Waals surface area contributed by atoms with E-state index in [1.165, 1.54) is 0 Å². The molecule has 2 atom stereocenters. The van der Waals surface area contributed by atoms with E-state index in [1.807, 2.05) is 42.5 Å². The van der Waals surface area contributed by atoms with Crippen molar-refractivity contribution < 1.29 is 9.90 Å². The van der Waals surface area contributed by atoms with Crippen LogP contribution in [0.5, 0.6) is 0 Å². The van der Waals surface area contributed by atoms with Crippen LogP contribution in [-0.2, 0) is 4.79 Å². The van der Waals surface area contributed by atoms with Gasteiger partial charge in [0.05, 0.1) is 0 Å². The Morgan fingerprint density at radius 2 is 2.00 bits per heavy atom. The second kappa shape index (κ2) is 4.90. The van der Waals surface area contributed by atoms with E-state index >= 15 is 0 Å². The fraction of sp³-hybridized carbons (Fsp3) is 0.214. The van der Waals surface area contributed by atoms with Crippen molar-refractivity contribution in [1.82, 2.24) is 0 Å². The second-order valence-corrected chi connectivity index (χ2v) is 3.87. The third-order valence-corrected chi connectivity index (χ3v) is 2.73. The van der Waals surface area contributed by atoms with E-state index in [9.17, 15) is 9.90 Å². The molecule has 16 heavy (non-hydrogen) atoms. The van der Waals surface area contributed by atoms with E-state index in [1.54, 1.807) is 12.1 Å². The Morgan fingerprint density at radius 1 is 1.25 bits per heavy atom. The molecule has 0 aromatic heterocycles. The standard InChI is InChI=1S/C14H14O2/c15-13(11-7-3-1-4-8-11)14(16)12-9-5-2-6-10-12/h1-9,12-13,15H,10H2. The number of allylic oxidation sites excluding steroid dienone is 4. The van der Waals surface area contributed by atoms with Gasteiger partial charge < -0.3 is 5.11 Å². The highest BCUT2D eigenvalue weighted by Crippen LogP contribution is 2.22. The lowest BCUT2D eigenvalue weighted by Gasteiger charge is -2.16. The molecule has 0 amide bonds. The fourth-order valence-electron chi connectivity index (χ4n) is 1.79. The van der Waals surface area contributed by atoms with Crippen LogP contribution in [0.15, 0.2) is 54.6 Å². The highest BCUT2D eigenvalue weighted by molar-refractivity contribution is 5.88. The van der Waals surface area contributed by atoms with Crippen molar-refractivity contribution in [3.05, 3.63) is 60.2 Å². The molecular formula is C14H14O2. The van der Waals surface area contributed by atoms with Gasteiger partial charge in [0.25, 0.3) is 0 Å². The molecule has 0 saturated heterocycles. The molecule has 1 N–H and O–H groups in total. The lowest BCUT2D eigenvalue weighted by molar-refractivity contribution is -0.130. The SMILES string of the molecule is O=C(C1C=CC=CC1)C(O)c1ccccc1. The average Bonchev–Trinajstić information content (AvgIpc) is 2.39. The van der Waals surface area contributed by atoms with Crippen LogP contribution in [0.3, 0.4) is 0 Å². The number of aliphatic hydroxyl groups is 1. The summed E-state index contributed by atoms with van der Waals surface area (Å²) >= 11 is 0. The Bertz CT molecular complexity index is 418. The summed E-state index contributed by atoms with van der Waals surface area (Å²) in [5.41, 5.74) is 0.662. The summed E-state index contributed by atoms with van der Waals surface area (Å²) in [4.78, 5) is 12.0. The molecule has 0 saturated carbocycles. The molecule has 0 fully saturated rings. The molecule has 0 radical (unpaired) electrons. The van der Waals surface area contributed by atoms with E-state index in [4.69, 9.17) is 0 Å². The van der Waals surface area contributed by atoms with Crippen molar-refractivity contribution in [1.29, 1.82) is 0 Å². The van der Waals surface area contributed by atoms with Gasteiger partial charge in [0, 0.05) is 5.92 Å². The van der Waals surface area contributed by atoms with Crippen molar-refractivity contribution in [3.8, 4) is 0 Å². The Morgan fingerprint density at radius 3 is 2.62 bits per heavy atom. The molecular weight excluding hydrogens is 200 g/mol. The summed E-state index contributed by atoms with van der Waals surface area (Å²) in [5.74, 6) is -0.327. The van der Waals surface area contributed by atoms with Gasteiger partial charge in [-0.1, -0.05) is 54.6 Å². The van der Waals surface area contributed by atoms with Crippen LogP contribution in [0.4, 0.5) is 0 Å². The summed E-state index contributed by atoms with van der Waals surface area (Å²) in [5, 5.41) is 9.93. The lowest BCUT2D eigenvalue weighted by atomic mass is 9.90. The minimum Gasteiger partial charge on any atom is -0.381 e. The zero-order valence-electron chi connectivity index (χ0n) is 8.91. The minimum atomic E-state index is -1.01. The summed E-state index contributed by atoms with van der Waals surface area (Å²) in [6.45, 7) is 0. The molecule has 2 unspecified atom stereocenters. The largest absolute Gasteiger partial charge is 0.381 e. The van der Waals surface area contributed by atoms with Crippen molar-refractivity contribution in [3.63, 3.8) is 0 Å². The van der Waals surface area contributed by atoms with Gasteiger partial charge in [-0.15, -0.1) is 0 Å². The Hall–Kier alpha value is -1.67. The van der Waals surface area contributed by atoms with Crippen molar-refractivity contribution in [2.45, 2.75) is 12.5 Å². The maximum atomic E-state index is 12.0. The number of carbonyl (C=O) groups excluding carboxylic acids is 1. The van der Waals surface area contributed by atoms with Crippen LogP contribution in [0.25, 0.3) is 0 Å². The molecule has 82 valence electrons. The number of Topliss-reactive ketones (excluding diaryl/α,β-unsaturated/α-hetero) is 1. The number of benzene rings is 1. The monoisotopic (exact) mass is 214 g/mol. The van der Waals surface area contributed by atoms with Crippen LogP contribution >= 0.6 is 0 Å². The number of aliphatic hydroxyl groups excluding tert-OH is 1. The maximum absolute atomic E-state index is 12.0. The highest BCUT2D eigenvalue weighted by Gasteiger charge is 2.24. The molecule has 2 heteroatoms. The Labute approximate surface area is 94.9 Å². The zero-order valence-corrected chi connectivity index (χ0v) is 8.91. The van der Waals surface area contributed by atoms with E-state index in [0.717, 1.165) is 0 Å². The molecule has 1 aliphatic carbocycles. The van der Waals surface area contributed by atoms with Gasteiger partial charge in [0.15, 0.2) is 5.78 Å². The van der Waals surface area contributed by atoms with Gasteiger partial charge in [-0.3, -0.25) is 4.79 Å². The smallest absolute Gasteiger partial charge is 0.172 e. The van der Waals surface area contributed by atoms with Crippen LogP contribution in [-0.4, -0.2) is 10.9 Å². The summed E-state index contributed by atoms with van der Waals surface area (Å²) in [6, 6.07) is 9.05. The van der Waals surface area contributed by atoms with Gasteiger partial charge in [-0.05, 0) is 12.0 Å². The van der Waals surface area contributed by atoms with Gasteiger partial charge in [-0.2, -0.15) is 0 Å². The summed E-state index contributed by atoms with van der Waals surface area (Å²) < 4.78 is 0. The first kappa shape index (κ1) is 10.8. The minimum absolute atomic E-state index is 0.133. The van der Waals surface area contributed by atoms with Crippen molar-refractivity contribution >= 4 is 5.78 Å². The predicted octanol–water partition coefficient (Wildman–Crippen LogP) is 2.42. The van der Waals surface area contributed by atoms with Gasteiger partial charge in [0.1, 0.15) is 6.10 Å². The highest BCUT2D eigenvalue weighted by atomic mass is 16.3. The number of hydrogen-bond donors (Lipinski definition) is 1. The lowest BCUT2D eigenvalue weighted by Crippen LogP contribution is -2.20. The van der Waals surface area contributed by atoms with E-state index in [2.05, 4.69) is 0 Å². The molecule has 1 aliphatic rings. The van der Waals surface area contributed by atoms with Crippen molar-refractivity contribution in [2.75, 3.05) is 0 Å². The first-order valence-electron chi connectivity index (χ1n) is 5.39. The van der Waals surface area contributed by atoms with Gasteiger partial charge >= 0.3 is 0 Å². The molecule has 1 aromatic rings. The molecule has 1 aromatic carbocycles. The van der Waals surface area contributed by atoms with Crippen LogP contribution in [0.1, 0.15) is 18.1 Å². The average molecular weight is 214 g/mol. The first-order valence-corrected chi connectivity index (χ1v) is 5.39. The Balaban J connectivity index is 2.10. The van der Waals surface area contributed by atoms with Crippen molar-refractivity contribution in [2.24, 2.45) is 5.92 Å². The van der Waals surface area contributed by atoms with E-state index in [-0.39, 0.29) is 11.7 Å². The molecule has 2 rings (SSSR count). The van der Waals surface area contributed by atoms with Crippen LogP contribution in [0.2, 0.25) is 0 Å². The quantitative estimate of drug-likeness (QED) is 0.839. The molecule has 0 bridgehead atoms. The molecule has 0 spiro atoms. The maximum Gasteiger partial charge on any atom is 0.172 e. The number of rotatable bonds is 3. The Kier molecular flexibility index (Phi) is 3.32. The van der Waals surface area contributed by atoms with Gasteiger partial charge in [0.2, 0.25) is 0 Å². The fourth-order valence-corrected chi connectivity index (χ4v) is 1.79. The molecule has 0 aliphatic heterocycles. The molecule has 2 nitrogen and oxygen atoms in total. The second-order valence-electron chi connectivity index (χ2n) is 3.87. The number of ketones is 1. The summed E-state index contributed by atoms with van der Waals surface area (Å²) in [7, 11) is 0. The first-order chi connectivity index (χ1) is 7.79. The van der Waals surface area contributed by atoms with Crippen LogP contribution < -0.4 is 0 Å². The van der Waals surface area contributed by atoms with E-state index in [0.29, 0.717) is 12.0 Å². The third-order valence-electron chi connectivity index (χ3n) is 2.73. The predicted molar refractivity (Wildman–Crippen MR) is 62.8 cm³/mol. The van der Waals surface area contributed by atoms with Gasteiger partial charge in [-0.25, -0.2) is 0 Å². The number of carbonyl (C=O) groups is 1. The zero-order chi connectivity index (χ0) is 11.4. The number of hydrogen-bond acceptors (Lipinski definition) is 2. The van der Waals surface area contributed by atoms with E-state index < -0.39 is 6.10 Å². The topological polar surface area (TPSA) is 37.3 Å². The third kappa shape index (κ3) is 2.28. The summed E-state index contributed by atoms with van der Waals surface area (Å²) in [6.07, 6.45) is 7.22. The molecule has 0 heterocycles. The normalized spacial score (nSPS) is 20.7.